The number of hydrogen-bond donors (Lipinski definition) is 1. The molecule has 2 aromatic rings. The van der Waals surface area contributed by atoms with Crippen molar-refractivity contribution in [3.63, 3.8) is 0 Å². The van der Waals surface area contributed by atoms with Crippen molar-refractivity contribution in [1.82, 2.24) is 4.98 Å². The van der Waals surface area contributed by atoms with Crippen LogP contribution in [0.4, 0.5) is 0 Å². The van der Waals surface area contributed by atoms with Crippen LogP contribution in [0, 0.1) is 0 Å². The standard InChI is InChI=1S/C12H13NO3/c1-15-7-10-6-9-5-8(12(14)16-2)3-4-11(9)13-10/h3-6,13H,7H2,1-2H3. The summed E-state index contributed by atoms with van der Waals surface area (Å²) in [5, 5.41) is 0.981. The molecule has 1 N–H and O–H groups in total. The summed E-state index contributed by atoms with van der Waals surface area (Å²) in [4.78, 5) is 14.5. The van der Waals surface area contributed by atoms with Gasteiger partial charge < -0.3 is 14.5 Å². The Bertz CT molecular complexity index is 516. The average Bonchev–Trinajstić information content (AvgIpc) is 2.69. The Hall–Kier alpha value is -1.81. The van der Waals surface area contributed by atoms with E-state index in [9.17, 15) is 4.79 Å². The summed E-state index contributed by atoms with van der Waals surface area (Å²) in [5.41, 5.74) is 2.53. The maximum atomic E-state index is 11.3. The van der Waals surface area contributed by atoms with Crippen molar-refractivity contribution >= 4 is 16.9 Å². The van der Waals surface area contributed by atoms with Gasteiger partial charge in [0.1, 0.15) is 0 Å². The zero-order valence-corrected chi connectivity index (χ0v) is 9.24. The zero-order chi connectivity index (χ0) is 11.5. The van der Waals surface area contributed by atoms with E-state index in [-0.39, 0.29) is 5.97 Å². The van der Waals surface area contributed by atoms with Gasteiger partial charge in [0.25, 0.3) is 0 Å². The highest BCUT2D eigenvalue weighted by Gasteiger charge is 2.07. The topological polar surface area (TPSA) is 51.3 Å². The van der Waals surface area contributed by atoms with Crippen LogP contribution in [-0.4, -0.2) is 25.2 Å². The van der Waals surface area contributed by atoms with E-state index < -0.39 is 0 Å². The summed E-state index contributed by atoms with van der Waals surface area (Å²) >= 11 is 0. The number of rotatable bonds is 3. The van der Waals surface area contributed by atoms with Gasteiger partial charge in [0, 0.05) is 23.7 Å². The van der Waals surface area contributed by atoms with E-state index in [4.69, 9.17) is 4.74 Å². The minimum atomic E-state index is -0.323. The second-order valence-electron chi connectivity index (χ2n) is 3.52. The lowest BCUT2D eigenvalue weighted by Gasteiger charge is -1.98. The zero-order valence-electron chi connectivity index (χ0n) is 9.24. The molecule has 1 aromatic heterocycles. The lowest BCUT2D eigenvalue weighted by molar-refractivity contribution is 0.0601. The highest BCUT2D eigenvalue weighted by atomic mass is 16.5. The molecule has 0 spiro atoms. The Morgan fingerprint density at radius 2 is 2.12 bits per heavy atom. The number of aromatic nitrogens is 1. The molecule has 0 radical (unpaired) electrons. The third-order valence-electron chi connectivity index (χ3n) is 2.40. The maximum Gasteiger partial charge on any atom is 0.337 e. The van der Waals surface area contributed by atoms with Crippen molar-refractivity contribution in [1.29, 1.82) is 0 Å². The molecule has 0 atom stereocenters. The first-order valence-electron chi connectivity index (χ1n) is 4.93. The Morgan fingerprint density at radius 1 is 1.31 bits per heavy atom. The molecule has 4 heteroatoms. The van der Waals surface area contributed by atoms with Crippen molar-refractivity contribution in [2.75, 3.05) is 14.2 Å². The molecule has 0 unspecified atom stereocenters. The lowest BCUT2D eigenvalue weighted by atomic mass is 10.1. The molecule has 1 heterocycles. The van der Waals surface area contributed by atoms with Crippen LogP contribution in [0.2, 0.25) is 0 Å². The molecule has 84 valence electrons. The SMILES string of the molecule is COCc1cc2cc(C(=O)OC)ccc2[nH]1. The smallest absolute Gasteiger partial charge is 0.337 e. The number of methoxy groups -OCH3 is 2. The van der Waals surface area contributed by atoms with Crippen LogP contribution < -0.4 is 0 Å². The molecule has 0 fully saturated rings. The summed E-state index contributed by atoms with van der Waals surface area (Å²) in [5.74, 6) is -0.323. The first-order chi connectivity index (χ1) is 7.74. The number of fused-ring (bicyclic) bond motifs is 1. The Labute approximate surface area is 93.2 Å². The van der Waals surface area contributed by atoms with Gasteiger partial charge in [-0.1, -0.05) is 0 Å². The number of hydrogen-bond acceptors (Lipinski definition) is 3. The van der Waals surface area contributed by atoms with Gasteiger partial charge in [-0.2, -0.15) is 0 Å². The summed E-state index contributed by atoms with van der Waals surface area (Å²) in [6, 6.07) is 7.37. The van der Waals surface area contributed by atoms with Crippen LogP contribution >= 0.6 is 0 Å². The lowest BCUT2D eigenvalue weighted by Crippen LogP contribution is -2.00. The van der Waals surface area contributed by atoms with Crippen molar-refractivity contribution in [2.45, 2.75) is 6.61 Å². The molecule has 0 saturated carbocycles. The van der Waals surface area contributed by atoms with Crippen LogP contribution in [0.15, 0.2) is 24.3 Å². The fourth-order valence-electron chi connectivity index (χ4n) is 1.67. The van der Waals surface area contributed by atoms with Crippen LogP contribution in [0.25, 0.3) is 10.9 Å². The molecule has 1 aromatic carbocycles. The van der Waals surface area contributed by atoms with Gasteiger partial charge in [-0.05, 0) is 24.3 Å². The highest BCUT2D eigenvalue weighted by Crippen LogP contribution is 2.18. The molecule has 0 aliphatic carbocycles. The first kappa shape index (κ1) is 10.7. The average molecular weight is 219 g/mol. The third kappa shape index (κ3) is 1.92. The van der Waals surface area contributed by atoms with Crippen LogP contribution in [-0.2, 0) is 16.1 Å². The van der Waals surface area contributed by atoms with E-state index in [1.54, 1.807) is 19.2 Å². The van der Waals surface area contributed by atoms with E-state index >= 15 is 0 Å². The fourth-order valence-corrected chi connectivity index (χ4v) is 1.67. The second kappa shape index (κ2) is 4.37. The molecule has 0 amide bonds. The molecule has 0 bridgehead atoms. The van der Waals surface area contributed by atoms with E-state index in [0.29, 0.717) is 12.2 Å². The van der Waals surface area contributed by atoms with Gasteiger partial charge >= 0.3 is 5.97 Å². The normalized spacial score (nSPS) is 10.6. The molecule has 4 nitrogen and oxygen atoms in total. The van der Waals surface area contributed by atoms with E-state index in [1.165, 1.54) is 7.11 Å². The Morgan fingerprint density at radius 3 is 2.81 bits per heavy atom. The largest absolute Gasteiger partial charge is 0.465 e. The number of esters is 1. The predicted octanol–water partition coefficient (Wildman–Crippen LogP) is 2.10. The minimum Gasteiger partial charge on any atom is -0.465 e. The number of carbonyl (C=O) groups is 1. The van der Waals surface area contributed by atoms with Gasteiger partial charge in [0.2, 0.25) is 0 Å². The predicted molar refractivity (Wildman–Crippen MR) is 60.4 cm³/mol. The highest BCUT2D eigenvalue weighted by molar-refractivity contribution is 5.94. The van der Waals surface area contributed by atoms with Crippen LogP contribution in [0.1, 0.15) is 16.1 Å². The maximum absolute atomic E-state index is 11.3. The third-order valence-corrected chi connectivity index (χ3v) is 2.40. The molecule has 16 heavy (non-hydrogen) atoms. The van der Waals surface area contributed by atoms with E-state index in [0.717, 1.165) is 16.6 Å². The number of carbonyl (C=O) groups excluding carboxylic acids is 1. The number of nitrogens with one attached hydrogen (secondary N) is 1. The molecular formula is C12H13NO3. The van der Waals surface area contributed by atoms with Gasteiger partial charge in [0.15, 0.2) is 0 Å². The molecule has 2 rings (SSSR count). The van der Waals surface area contributed by atoms with Crippen LogP contribution in [0.5, 0.6) is 0 Å². The summed E-state index contributed by atoms with van der Waals surface area (Å²) in [7, 11) is 3.02. The summed E-state index contributed by atoms with van der Waals surface area (Å²) in [6.45, 7) is 0.530. The quantitative estimate of drug-likeness (QED) is 0.804. The molecular weight excluding hydrogens is 206 g/mol. The van der Waals surface area contributed by atoms with Crippen molar-refractivity contribution in [3.05, 3.63) is 35.5 Å². The van der Waals surface area contributed by atoms with Gasteiger partial charge in [-0.15, -0.1) is 0 Å². The van der Waals surface area contributed by atoms with Gasteiger partial charge in [-0.25, -0.2) is 4.79 Å². The summed E-state index contributed by atoms with van der Waals surface area (Å²) in [6.07, 6.45) is 0. The van der Waals surface area contributed by atoms with Gasteiger partial charge in [0.05, 0.1) is 19.3 Å². The van der Waals surface area contributed by atoms with Gasteiger partial charge in [-0.3, -0.25) is 0 Å². The summed E-state index contributed by atoms with van der Waals surface area (Å²) < 4.78 is 9.70. The first-order valence-corrected chi connectivity index (χ1v) is 4.93. The monoisotopic (exact) mass is 219 g/mol. The number of ether oxygens (including phenoxy) is 2. The number of aromatic amines is 1. The van der Waals surface area contributed by atoms with Crippen LogP contribution in [0.3, 0.4) is 0 Å². The molecule has 0 aliphatic rings. The van der Waals surface area contributed by atoms with Crippen molar-refractivity contribution < 1.29 is 14.3 Å². The Kier molecular flexibility index (Phi) is 2.92. The second-order valence-corrected chi connectivity index (χ2v) is 3.52. The minimum absolute atomic E-state index is 0.323. The Balaban J connectivity index is 2.41. The number of H-pyrrole nitrogens is 1. The van der Waals surface area contributed by atoms with E-state index in [1.807, 2.05) is 12.1 Å². The van der Waals surface area contributed by atoms with E-state index in [2.05, 4.69) is 9.72 Å². The number of benzene rings is 1. The van der Waals surface area contributed by atoms with Crippen molar-refractivity contribution in [2.24, 2.45) is 0 Å². The van der Waals surface area contributed by atoms with Crippen molar-refractivity contribution in [3.8, 4) is 0 Å². The fraction of sp³-hybridized carbons (Fsp3) is 0.250. The molecule has 0 aliphatic heterocycles. The molecule has 0 saturated heterocycles.